The molecule has 6 rings (SSSR count). The number of piperazine rings is 1. The fourth-order valence-electron chi connectivity index (χ4n) is 5.72. The molecule has 3 aliphatic rings. The number of ether oxygens (including phenoxy) is 2. The first-order chi connectivity index (χ1) is 20.9. The molecule has 3 aliphatic heterocycles. The Labute approximate surface area is 259 Å². The van der Waals surface area contributed by atoms with Gasteiger partial charge in [0.05, 0.1) is 11.4 Å². The summed E-state index contributed by atoms with van der Waals surface area (Å²) < 4.78 is 13.1. The van der Waals surface area contributed by atoms with Crippen molar-refractivity contribution in [1.82, 2.24) is 9.47 Å². The summed E-state index contributed by atoms with van der Waals surface area (Å²) in [4.78, 5) is 33.9. The number of thiocarbonyl (C=S) groups is 1. The standard InChI is InChI=1S/C32H31N5O4S2/c1-3-11-36-29(35-14-12-34(13-15-35)23-7-5-4-6-8-23)24(21(2)25(18-33)30(36)38)17-28-31(39)37(32(42)43-28)19-22-9-10-26-27(16-22)41-20-40-26/h4-10,16-17H,3,11-15,19-20H2,1-2H3/b28-17-. The van der Waals surface area contributed by atoms with Crippen LogP contribution in [0.25, 0.3) is 6.08 Å². The highest BCUT2D eigenvalue weighted by Gasteiger charge is 2.34. The van der Waals surface area contributed by atoms with Gasteiger partial charge in [0.2, 0.25) is 6.79 Å². The lowest BCUT2D eigenvalue weighted by Crippen LogP contribution is -2.48. The molecule has 9 nitrogen and oxygen atoms in total. The van der Waals surface area contributed by atoms with E-state index < -0.39 is 0 Å². The van der Waals surface area contributed by atoms with Crippen LogP contribution in [0.3, 0.4) is 0 Å². The van der Waals surface area contributed by atoms with Crippen LogP contribution < -0.4 is 24.8 Å². The summed E-state index contributed by atoms with van der Waals surface area (Å²) in [5.41, 5.74) is 3.12. The monoisotopic (exact) mass is 613 g/mol. The van der Waals surface area contributed by atoms with E-state index in [2.05, 4.69) is 28.0 Å². The normalized spacial score (nSPS) is 17.2. The van der Waals surface area contributed by atoms with Gasteiger partial charge in [0.1, 0.15) is 21.8 Å². The molecule has 0 saturated carbocycles. The second kappa shape index (κ2) is 12.1. The summed E-state index contributed by atoms with van der Waals surface area (Å²) in [6, 6.07) is 18.0. The molecule has 0 aliphatic carbocycles. The second-order valence-corrected chi connectivity index (χ2v) is 12.2. The van der Waals surface area contributed by atoms with E-state index in [4.69, 9.17) is 21.7 Å². The molecule has 0 bridgehead atoms. The van der Waals surface area contributed by atoms with Gasteiger partial charge in [-0.05, 0) is 54.8 Å². The smallest absolute Gasteiger partial charge is 0.270 e. The predicted octanol–water partition coefficient (Wildman–Crippen LogP) is 4.90. The zero-order valence-electron chi connectivity index (χ0n) is 24.0. The van der Waals surface area contributed by atoms with Crippen LogP contribution >= 0.6 is 24.0 Å². The summed E-state index contributed by atoms with van der Waals surface area (Å²) in [5.74, 6) is 1.86. The van der Waals surface area contributed by atoms with E-state index in [0.717, 1.165) is 36.6 Å². The van der Waals surface area contributed by atoms with Crippen molar-refractivity contribution in [1.29, 1.82) is 5.26 Å². The third-order valence-corrected chi connectivity index (χ3v) is 9.30. The van der Waals surface area contributed by atoms with Crippen molar-refractivity contribution in [2.24, 2.45) is 0 Å². The summed E-state index contributed by atoms with van der Waals surface area (Å²) in [5, 5.41) is 9.98. The van der Waals surface area contributed by atoms with Gasteiger partial charge >= 0.3 is 0 Å². The summed E-state index contributed by atoms with van der Waals surface area (Å²) >= 11 is 6.88. The fraction of sp³-hybridized carbons (Fsp3) is 0.312. The Kier molecular flexibility index (Phi) is 8.15. The maximum Gasteiger partial charge on any atom is 0.270 e. The Morgan fingerprint density at radius 2 is 1.74 bits per heavy atom. The van der Waals surface area contributed by atoms with Crippen molar-refractivity contribution in [2.75, 3.05) is 42.8 Å². The van der Waals surface area contributed by atoms with E-state index in [1.807, 2.05) is 49.4 Å². The van der Waals surface area contributed by atoms with E-state index in [0.29, 0.717) is 58.0 Å². The maximum absolute atomic E-state index is 13.7. The maximum atomic E-state index is 13.7. The van der Waals surface area contributed by atoms with Crippen molar-refractivity contribution in [3.8, 4) is 17.6 Å². The lowest BCUT2D eigenvalue weighted by atomic mass is 10.0. The molecule has 3 aromatic rings. The zero-order chi connectivity index (χ0) is 30.1. The van der Waals surface area contributed by atoms with Crippen LogP contribution in [0.2, 0.25) is 0 Å². The molecule has 11 heteroatoms. The number of hydrogen-bond acceptors (Lipinski definition) is 9. The van der Waals surface area contributed by atoms with Crippen LogP contribution in [0.15, 0.2) is 58.2 Å². The van der Waals surface area contributed by atoms with Gasteiger partial charge in [-0.1, -0.05) is 55.2 Å². The fourth-order valence-corrected chi connectivity index (χ4v) is 6.96. The van der Waals surface area contributed by atoms with E-state index >= 15 is 0 Å². The average molecular weight is 614 g/mol. The zero-order valence-corrected chi connectivity index (χ0v) is 25.7. The molecule has 1 amide bonds. The van der Waals surface area contributed by atoms with Gasteiger partial charge < -0.3 is 19.3 Å². The van der Waals surface area contributed by atoms with Gasteiger partial charge in [0.25, 0.3) is 11.5 Å². The first-order valence-electron chi connectivity index (χ1n) is 14.3. The second-order valence-electron chi connectivity index (χ2n) is 10.6. The number of rotatable bonds is 7. The molecule has 2 saturated heterocycles. The number of nitriles is 1. The number of hydrogen-bond donors (Lipinski definition) is 0. The van der Waals surface area contributed by atoms with Crippen molar-refractivity contribution in [3.63, 3.8) is 0 Å². The largest absolute Gasteiger partial charge is 0.454 e. The lowest BCUT2D eigenvalue weighted by Gasteiger charge is -2.39. The van der Waals surface area contributed by atoms with Gasteiger partial charge in [-0.3, -0.25) is 19.1 Å². The number of anilines is 2. The van der Waals surface area contributed by atoms with Crippen molar-refractivity contribution in [3.05, 3.63) is 86.0 Å². The highest BCUT2D eigenvalue weighted by atomic mass is 32.2. The number of fused-ring (bicyclic) bond motifs is 1. The van der Waals surface area contributed by atoms with Gasteiger partial charge in [0.15, 0.2) is 11.5 Å². The number of amides is 1. The Bertz CT molecular complexity index is 1720. The highest BCUT2D eigenvalue weighted by Crippen LogP contribution is 2.38. The minimum Gasteiger partial charge on any atom is -0.454 e. The number of benzene rings is 2. The molecule has 0 N–H and O–H groups in total. The Morgan fingerprint density at radius 1 is 1.02 bits per heavy atom. The number of para-hydroxylation sites is 1. The number of pyridine rings is 1. The number of thioether (sulfide) groups is 1. The minimum absolute atomic E-state index is 0.0993. The Balaban J connectivity index is 1.35. The molecule has 220 valence electrons. The first kappa shape index (κ1) is 28.8. The van der Waals surface area contributed by atoms with E-state index in [9.17, 15) is 14.9 Å². The molecule has 1 aromatic heterocycles. The molecule has 4 heterocycles. The molecular weight excluding hydrogens is 583 g/mol. The van der Waals surface area contributed by atoms with Crippen LogP contribution in [0.5, 0.6) is 11.5 Å². The average Bonchev–Trinajstić information content (AvgIpc) is 3.60. The predicted molar refractivity (Wildman–Crippen MR) is 173 cm³/mol. The number of carbonyl (C=O) groups excluding carboxylic acids is 1. The molecule has 43 heavy (non-hydrogen) atoms. The highest BCUT2D eigenvalue weighted by molar-refractivity contribution is 8.26. The lowest BCUT2D eigenvalue weighted by molar-refractivity contribution is -0.122. The third-order valence-electron chi connectivity index (χ3n) is 7.92. The number of carbonyl (C=O) groups is 1. The van der Waals surface area contributed by atoms with Gasteiger partial charge in [0, 0.05) is 44.0 Å². The molecular formula is C32H31N5O4S2. The van der Waals surface area contributed by atoms with Crippen molar-refractivity contribution < 1.29 is 14.3 Å². The third kappa shape index (κ3) is 5.48. The van der Waals surface area contributed by atoms with Crippen LogP contribution in [-0.4, -0.2) is 52.7 Å². The Hall–Kier alpha value is -4.27. The van der Waals surface area contributed by atoms with Crippen LogP contribution in [0.1, 0.15) is 35.6 Å². The van der Waals surface area contributed by atoms with Crippen LogP contribution in [0, 0.1) is 18.3 Å². The molecule has 0 radical (unpaired) electrons. The quantitative estimate of drug-likeness (QED) is 0.273. The molecule has 2 fully saturated rings. The molecule has 0 unspecified atom stereocenters. The SMILES string of the molecule is CCCn1c(N2CCN(c3ccccc3)CC2)c(/C=C2\SC(=S)N(Cc3ccc4c(c3)OCO4)C2=O)c(C)c(C#N)c1=O. The number of nitrogens with zero attached hydrogens (tertiary/aromatic N) is 5. The summed E-state index contributed by atoms with van der Waals surface area (Å²) in [6.07, 6.45) is 2.54. The Morgan fingerprint density at radius 3 is 2.47 bits per heavy atom. The van der Waals surface area contributed by atoms with E-state index in [1.54, 1.807) is 16.4 Å². The molecule has 0 spiro atoms. The topological polar surface area (TPSA) is 91.0 Å². The van der Waals surface area contributed by atoms with Gasteiger partial charge in [-0.25, -0.2) is 0 Å². The van der Waals surface area contributed by atoms with Crippen LogP contribution in [0.4, 0.5) is 11.5 Å². The molecule has 2 aromatic carbocycles. The number of aromatic nitrogens is 1. The summed E-state index contributed by atoms with van der Waals surface area (Å²) in [7, 11) is 0. The molecule has 0 atom stereocenters. The van der Waals surface area contributed by atoms with Crippen molar-refractivity contribution in [2.45, 2.75) is 33.4 Å². The van der Waals surface area contributed by atoms with Gasteiger partial charge in [-0.2, -0.15) is 5.26 Å². The minimum atomic E-state index is -0.296. The van der Waals surface area contributed by atoms with E-state index in [-0.39, 0.29) is 23.8 Å². The van der Waals surface area contributed by atoms with Crippen molar-refractivity contribution >= 4 is 51.8 Å². The van der Waals surface area contributed by atoms with E-state index in [1.165, 1.54) is 11.8 Å². The van der Waals surface area contributed by atoms with Crippen LogP contribution in [-0.2, 0) is 17.9 Å². The summed E-state index contributed by atoms with van der Waals surface area (Å²) in [6.45, 7) is 7.68. The first-order valence-corrected chi connectivity index (χ1v) is 15.5. The van der Waals surface area contributed by atoms with Gasteiger partial charge in [-0.15, -0.1) is 0 Å².